The largest absolute Gasteiger partial charge is 0.466 e. The van der Waals surface area contributed by atoms with Crippen LogP contribution in [0.2, 0.25) is 5.82 Å². The molecule has 6 rings (SSSR count). The van der Waals surface area contributed by atoms with Gasteiger partial charge in [-0.25, -0.2) is 0 Å². The Labute approximate surface area is 260 Å². The minimum atomic E-state index is -1.11. The van der Waals surface area contributed by atoms with Crippen molar-refractivity contribution in [3.63, 3.8) is 0 Å². The van der Waals surface area contributed by atoms with Crippen molar-refractivity contribution in [2.75, 3.05) is 6.61 Å². The molecule has 1 fully saturated rings. The van der Waals surface area contributed by atoms with Gasteiger partial charge < -0.3 is 14.0 Å². The topological polar surface area (TPSA) is 44.8 Å². The SMILES string of the molecule is CCOC(=O)C[C@H](/C=C/c1ccccc1)B1OC(c2ccccc2)(c2ccccc2)C(c2ccccc2)(c2ccccc2)O1. The summed E-state index contributed by atoms with van der Waals surface area (Å²) < 4.78 is 20.2. The van der Waals surface area contributed by atoms with Crippen LogP contribution >= 0.6 is 0 Å². The average Bonchev–Trinajstić information content (AvgIpc) is 3.47. The summed E-state index contributed by atoms with van der Waals surface area (Å²) in [5, 5.41) is 0. The first-order chi connectivity index (χ1) is 21.7. The molecule has 5 aromatic carbocycles. The first-order valence-electron chi connectivity index (χ1n) is 15.1. The molecule has 0 aliphatic carbocycles. The monoisotopic (exact) mass is 578 g/mol. The van der Waals surface area contributed by atoms with E-state index < -0.39 is 24.1 Å². The lowest BCUT2D eigenvalue weighted by atomic mass is 9.66. The van der Waals surface area contributed by atoms with E-state index >= 15 is 0 Å². The van der Waals surface area contributed by atoms with E-state index in [9.17, 15) is 4.79 Å². The highest BCUT2D eigenvalue weighted by molar-refractivity contribution is 6.49. The van der Waals surface area contributed by atoms with Crippen molar-refractivity contribution in [3.8, 4) is 0 Å². The van der Waals surface area contributed by atoms with Gasteiger partial charge in [0, 0.05) is 5.82 Å². The lowest BCUT2D eigenvalue weighted by Gasteiger charge is -2.46. The van der Waals surface area contributed by atoms with E-state index in [1.54, 1.807) is 0 Å². The minimum absolute atomic E-state index is 0.0984. The van der Waals surface area contributed by atoms with Crippen LogP contribution in [0.15, 0.2) is 158 Å². The van der Waals surface area contributed by atoms with Gasteiger partial charge in [0.1, 0.15) is 11.2 Å². The average molecular weight is 579 g/mol. The highest BCUT2D eigenvalue weighted by Crippen LogP contribution is 2.60. The predicted molar refractivity (Wildman–Crippen MR) is 176 cm³/mol. The molecule has 1 heterocycles. The first-order valence-corrected chi connectivity index (χ1v) is 15.1. The number of rotatable bonds is 10. The molecule has 1 aliphatic heterocycles. The number of hydrogen-bond donors (Lipinski definition) is 0. The standard InChI is InChI=1S/C39H35BO4/c1-2-42-37(41)30-36(29-28-31-18-8-3-9-19-31)40-43-38(32-20-10-4-11-21-32,33-22-12-5-13-23-33)39(44-40,34-24-14-6-15-25-34)35-26-16-7-17-27-35/h3-29,36H,2,30H2,1H3/b29-28+/t36-/m0/s1. The Bertz CT molecular complexity index is 1490. The zero-order valence-corrected chi connectivity index (χ0v) is 24.8. The van der Waals surface area contributed by atoms with Crippen molar-refractivity contribution >= 4 is 19.2 Å². The lowest BCUT2D eigenvalue weighted by molar-refractivity contribution is -0.143. The Balaban J connectivity index is 1.62. The summed E-state index contributed by atoms with van der Waals surface area (Å²) in [6.45, 7) is 2.12. The molecular formula is C39H35BO4. The summed E-state index contributed by atoms with van der Waals surface area (Å²) in [4.78, 5) is 13.1. The van der Waals surface area contributed by atoms with Crippen LogP contribution in [0, 0.1) is 0 Å². The summed E-state index contributed by atoms with van der Waals surface area (Å²) in [6, 6.07) is 51.1. The third-order valence-electron chi connectivity index (χ3n) is 8.20. The van der Waals surface area contributed by atoms with Crippen LogP contribution in [0.5, 0.6) is 0 Å². The lowest BCUT2D eigenvalue weighted by Crippen LogP contribution is -2.48. The summed E-state index contributed by atoms with van der Waals surface area (Å²) >= 11 is 0. The van der Waals surface area contributed by atoms with Crippen LogP contribution in [0.4, 0.5) is 0 Å². The van der Waals surface area contributed by atoms with Crippen LogP contribution < -0.4 is 0 Å². The molecule has 0 amide bonds. The van der Waals surface area contributed by atoms with E-state index in [4.69, 9.17) is 14.0 Å². The molecule has 0 bridgehead atoms. The van der Waals surface area contributed by atoms with Crippen molar-refractivity contribution in [1.82, 2.24) is 0 Å². The fourth-order valence-corrected chi connectivity index (χ4v) is 6.29. The Morgan fingerprint density at radius 3 is 1.36 bits per heavy atom. The Morgan fingerprint density at radius 2 is 1.00 bits per heavy atom. The third kappa shape index (κ3) is 5.53. The summed E-state index contributed by atoms with van der Waals surface area (Å²) in [7, 11) is -0.805. The number of carbonyl (C=O) groups is 1. The fourth-order valence-electron chi connectivity index (χ4n) is 6.29. The molecule has 0 aromatic heterocycles. The van der Waals surface area contributed by atoms with E-state index in [1.807, 2.05) is 122 Å². The molecule has 218 valence electrons. The highest BCUT2D eigenvalue weighted by Gasteiger charge is 2.66. The van der Waals surface area contributed by atoms with Gasteiger partial charge in [-0.15, -0.1) is 0 Å². The number of carbonyl (C=O) groups excluding carboxylic acids is 1. The minimum Gasteiger partial charge on any atom is -0.466 e. The predicted octanol–water partition coefficient (Wildman–Crippen LogP) is 8.45. The number of ether oxygens (including phenoxy) is 1. The second kappa shape index (κ2) is 13.3. The van der Waals surface area contributed by atoms with E-state index in [1.165, 1.54) is 0 Å². The molecule has 44 heavy (non-hydrogen) atoms. The van der Waals surface area contributed by atoms with Gasteiger partial charge in [-0.1, -0.05) is 164 Å². The van der Waals surface area contributed by atoms with Crippen LogP contribution in [0.3, 0.4) is 0 Å². The van der Waals surface area contributed by atoms with Gasteiger partial charge in [0.2, 0.25) is 0 Å². The molecule has 5 heteroatoms. The molecule has 0 N–H and O–H groups in total. The Morgan fingerprint density at radius 1 is 0.636 bits per heavy atom. The summed E-state index contributed by atoms with van der Waals surface area (Å²) in [6.07, 6.45) is 4.14. The van der Waals surface area contributed by atoms with E-state index in [2.05, 4.69) is 48.5 Å². The van der Waals surface area contributed by atoms with E-state index in [0.29, 0.717) is 6.61 Å². The molecule has 0 saturated carbocycles. The number of hydrogen-bond acceptors (Lipinski definition) is 4. The molecule has 1 aliphatic rings. The zero-order chi connectivity index (χ0) is 30.2. The molecule has 5 aromatic rings. The van der Waals surface area contributed by atoms with Crippen LogP contribution in [-0.4, -0.2) is 19.7 Å². The molecule has 1 saturated heterocycles. The second-order valence-corrected chi connectivity index (χ2v) is 10.9. The summed E-state index contributed by atoms with van der Waals surface area (Å²) in [5.74, 6) is -0.750. The van der Waals surface area contributed by atoms with Crippen LogP contribution in [0.1, 0.15) is 41.2 Å². The maximum absolute atomic E-state index is 13.1. The van der Waals surface area contributed by atoms with Crippen molar-refractivity contribution < 1.29 is 18.8 Å². The van der Waals surface area contributed by atoms with Crippen molar-refractivity contribution in [3.05, 3.63) is 186 Å². The van der Waals surface area contributed by atoms with Crippen molar-refractivity contribution in [1.29, 1.82) is 0 Å². The van der Waals surface area contributed by atoms with Gasteiger partial charge in [0.05, 0.1) is 13.0 Å². The number of benzene rings is 5. The van der Waals surface area contributed by atoms with Gasteiger partial charge in [0.25, 0.3) is 0 Å². The number of allylic oxidation sites excluding steroid dienone is 1. The molecule has 0 unspecified atom stereocenters. The normalized spacial score (nSPS) is 16.1. The summed E-state index contributed by atoms with van der Waals surface area (Å²) in [5.41, 5.74) is 2.58. The molecular weight excluding hydrogens is 543 g/mol. The molecule has 0 spiro atoms. The van der Waals surface area contributed by atoms with Gasteiger partial charge in [0.15, 0.2) is 0 Å². The maximum atomic E-state index is 13.1. The molecule has 4 nitrogen and oxygen atoms in total. The van der Waals surface area contributed by atoms with E-state index in [0.717, 1.165) is 27.8 Å². The third-order valence-corrected chi connectivity index (χ3v) is 8.20. The van der Waals surface area contributed by atoms with E-state index in [-0.39, 0.29) is 12.4 Å². The highest BCUT2D eigenvalue weighted by atomic mass is 16.7. The fraction of sp³-hybridized carbons (Fsp3) is 0.154. The smallest absolute Gasteiger partial charge is 0.466 e. The van der Waals surface area contributed by atoms with Crippen molar-refractivity contribution in [2.45, 2.75) is 30.4 Å². The quantitative estimate of drug-likeness (QED) is 0.123. The van der Waals surface area contributed by atoms with Crippen LogP contribution in [0.25, 0.3) is 6.08 Å². The molecule has 0 radical (unpaired) electrons. The maximum Gasteiger partial charge on any atom is 0.466 e. The molecule has 1 atom stereocenters. The Kier molecular flexibility index (Phi) is 8.87. The first kappa shape index (κ1) is 29.4. The van der Waals surface area contributed by atoms with Gasteiger partial charge >= 0.3 is 13.1 Å². The zero-order valence-electron chi connectivity index (χ0n) is 24.8. The van der Waals surface area contributed by atoms with Crippen molar-refractivity contribution in [2.24, 2.45) is 0 Å². The van der Waals surface area contributed by atoms with Crippen LogP contribution in [-0.2, 0) is 30.0 Å². The van der Waals surface area contributed by atoms with Gasteiger partial charge in [-0.2, -0.15) is 0 Å². The Hall–Kier alpha value is -4.71. The van der Waals surface area contributed by atoms with Gasteiger partial charge in [-0.3, -0.25) is 4.79 Å². The second-order valence-electron chi connectivity index (χ2n) is 10.9. The number of esters is 1. The van der Waals surface area contributed by atoms with Gasteiger partial charge in [-0.05, 0) is 34.7 Å².